The van der Waals surface area contributed by atoms with Gasteiger partial charge in [-0.15, -0.1) is 5.73 Å². The molecule has 0 saturated heterocycles. The van der Waals surface area contributed by atoms with E-state index in [0.717, 1.165) is 12.2 Å². The molecule has 14 heavy (non-hydrogen) atoms. The van der Waals surface area contributed by atoms with Crippen molar-refractivity contribution in [2.75, 3.05) is 6.61 Å². The quantitative estimate of drug-likeness (QED) is 0.642. The maximum Gasteiger partial charge on any atom is 0.159 e. The molecule has 2 nitrogen and oxygen atoms in total. The van der Waals surface area contributed by atoms with E-state index >= 15 is 0 Å². The first kappa shape index (κ1) is 10.8. The number of rotatable bonds is 3. The van der Waals surface area contributed by atoms with Gasteiger partial charge < -0.3 is 4.74 Å². The highest BCUT2D eigenvalue weighted by molar-refractivity contribution is 5.91. The van der Waals surface area contributed by atoms with Gasteiger partial charge in [0, 0.05) is 18.9 Å². The standard InChI is InChI=1S/C12H16O2/c1-4-5-6-14-11-7-10(13)8-12(2,3)9-11/h5,7H,1,6,8-9H2,2-3H3. The SMILES string of the molecule is C=C=CCOC1=CC(=O)CC(C)(C)C1. The number of ether oxygens (including phenoxy) is 1. The highest BCUT2D eigenvalue weighted by Gasteiger charge is 2.28. The third-order valence-corrected chi connectivity index (χ3v) is 2.12. The summed E-state index contributed by atoms with van der Waals surface area (Å²) in [6.45, 7) is 8.03. The second-order valence-corrected chi connectivity index (χ2v) is 4.31. The third kappa shape index (κ3) is 3.23. The van der Waals surface area contributed by atoms with Gasteiger partial charge in [-0.3, -0.25) is 4.79 Å². The van der Waals surface area contributed by atoms with Crippen molar-refractivity contribution in [3.63, 3.8) is 0 Å². The van der Waals surface area contributed by atoms with Gasteiger partial charge in [-0.25, -0.2) is 0 Å². The lowest BCUT2D eigenvalue weighted by atomic mass is 9.79. The fraction of sp³-hybridized carbons (Fsp3) is 0.500. The van der Waals surface area contributed by atoms with Crippen LogP contribution in [0.25, 0.3) is 0 Å². The highest BCUT2D eigenvalue weighted by atomic mass is 16.5. The molecule has 1 aliphatic carbocycles. The average molecular weight is 192 g/mol. The van der Waals surface area contributed by atoms with E-state index in [1.54, 1.807) is 12.2 Å². The normalized spacial score (nSPS) is 19.6. The molecule has 0 unspecified atom stereocenters. The van der Waals surface area contributed by atoms with Crippen molar-refractivity contribution in [2.45, 2.75) is 26.7 Å². The lowest BCUT2D eigenvalue weighted by Crippen LogP contribution is -2.22. The second-order valence-electron chi connectivity index (χ2n) is 4.31. The summed E-state index contributed by atoms with van der Waals surface area (Å²) in [5, 5.41) is 0. The van der Waals surface area contributed by atoms with Gasteiger partial charge in [-0.1, -0.05) is 20.4 Å². The maximum absolute atomic E-state index is 11.3. The van der Waals surface area contributed by atoms with Crippen molar-refractivity contribution in [3.05, 3.63) is 30.2 Å². The largest absolute Gasteiger partial charge is 0.493 e. The summed E-state index contributed by atoms with van der Waals surface area (Å²) in [5.74, 6) is 0.927. The molecule has 0 N–H and O–H groups in total. The fourth-order valence-corrected chi connectivity index (χ4v) is 1.59. The van der Waals surface area contributed by atoms with Crippen LogP contribution in [0.3, 0.4) is 0 Å². The van der Waals surface area contributed by atoms with Crippen LogP contribution in [-0.4, -0.2) is 12.4 Å². The van der Waals surface area contributed by atoms with Gasteiger partial charge in [0.15, 0.2) is 5.78 Å². The molecular formula is C12H16O2. The van der Waals surface area contributed by atoms with Gasteiger partial charge in [-0.05, 0) is 11.5 Å². The zero-order chi connectivity index (χ0) is 10.6. The first-order valence-corrected chi connectivity index (χ1v) is 4.74. The lowest BCUT2D eigenvalue weighted by molar-refractivity contribution is -0.117. The van der Waals surface area contributed by atoms with Gasteiger partial charge in [0.1, 0.15) is 12.4 Å². The number of allylic oxidation sites excluding steroid dienone is 2. The van der Waals surface area contributed by atoms with Crippen molar-refractivity contribution in [3.8, 4) is 0 Å². The zero-order valence-corrected chi connectivity index (χ0v) is 8.80. The first-order chi connectivity index (χ1) is 6.53. The summed E-state index contributed by atoms with van der Waals surface area (Å²) in [6, 6.07) is 0. The Morgan fingerprint density at radius 2 is 2.36 bits per heavy atom. The monoisotopic (exact) mass is 192 g/mol. The van der Waals surface area contributed by atoms with Crippen LogP contribution in [0.2, 0.25) is 0 Å². The summed E-state index contributed by atoms with van der Waals surface area (Å²) < 4.78 is 5.41. The molecular weight excluding hydrogens is 176 g/mol. The topological polar surface area (TPSA) is 26.3 Å². The predicted molar refractivity (Wildman–Crippen MR) is 55.8 cm³/mol. The Morgan fingerprint density at radius 1 is 1.64 bits per heavy atom. The average Bonchev–Trinajstić information content (AvgIpc) is 2.00. The first-order valence-electron chi connectivity index (χ1n) is 4.74. The van der Waals surface area contributed by atoms with Crippen molar-refractivity contribution in [1.82, 2.24) is 0 Å². The van der Waals surface area contributed by atoms with Crippen molar-refractivity contribution in [2.24, 2.45) is 5.41 Å². The molecule has 1 aliphatic rings. The molecule has 0 heterocycles. The van der Waals surface area contributed by atoms with Crippen molar-refractivity contribution in [1.29, 1.82) is 0 Å². The molecule has 0 spiro atoms. The molecule has 1 rings (SSSR count). The summed E-state index contributed by atoms with van der Waals surface area (Å²) >= 11 is 0. The van der Waals surface area contributed by atoms with E-state index in [9.17, 15) is 4.79 Å². The van der Waals surface area contributed by atoms with Gasteiger partial charge in [0.25, 0.3) is 0 Å². The lowest BCUT2D eigenvalue weighted by Gasteiger charge is -2.28. The number of hydrogen-bond acceptors (Lipinski definition) is 2. The van der Waals surface area contributed by atoms with Crippen LogP contribution in [0.15, 0.2) is 30.2 Å². The molecule has 0 aromatic heterocycles. The molecule has 0 saturated carbocycles. The van der Waals surface area contributed by atoms with Crippen LogP contribution in [0.4, 0.5) is 0 Å². The maximum atomic E-state index is 11.3. The minimum absolute atomic E-state index is 0.0268. The molecule has 0 bridgehead atoms. The van der Waals surface area contributed by atoms with E-state index in [0.29, 0.717) is 13.0 Å². The van der Waals surface area contributed by atoms with Crippen molar-refractivity contribution < 1.29 is 9.53 Å². The smallest absolute Gasteiger partial charge is 0.159 e. The Balaban J connectivity index is 2.60. The molecule has 0 atom stereocenters. The molecule has 0 aromatic carbocycles. The van der Waals surface area contributed by atoms with E-state index in [1.807, 2.05) is 0 Å². The Labute approximate surface area is 85.0 Å². The summed E-state index contributed by atoms with van der Waals surface area (Å²) in [5.41, 5.74) is 2.65. The van der Waals surface area contributed by atoms with Crippen LogP contribution in [0, 0.1) is 5.41 Å². The Bertz CT molecular complexity index is 304. The fourth-order valence-electron chi connectivity index (χ4n) is 1.59. The number of carbonyl (C=O) groups is 1. The third-order valence-electron chi connectivity index (χ3n) is 2.12. The van der Waals surface area contributed by atoms with E-state index in [4.69, 9.17) is 4.74 Å². The van der Waals surface area contributed by atoms with Gasteiger partial charge in [0.2, 0.25) is 0 Å². The predicted octanol–water partition coefficient (Wildman–Crippen LogP) is 2.62. The molecule has 0 aromatic rings. The Hall–Kier alpha value is -1.27. The summed E-state index contributed by atoms with van der Waals surface area (Å²) in [7, 11) is 0. The van der Waals surface area contributed by atoms with Gasteiger partial charge in [-0.2, -0.15) is 0 Å². The summed E-state index contributed by atoms with van der Waals surface area (Å²) in [6.07, 6.45) is 4.73. The van der Waals surface area contributed by atoms with Crippen LogP contribution in [0.5, 0.6) is 0 Å². The molecule has 2 heteroatoms. The van der Waals surface area contributed by atoms with Crippen LogP contribution >= 0.6 is 0 Å². The molecule has 76 valence electrons. The summed E-state index contributed by atoms with van der Waals surface area (Å²) in [4.78, 5) is 11.3. The highest BCUT2D eigenvalue weighted by Crippen LogP contribution is 2.33. The molecule has 0 aliphatic heterocycles. The van der Waals surface area contributed by atoms with Crippen LogP contribution < -0.4 is 0 Å². The van der Waals surface area contributed by atoms with E-state index < -0.39 is 0 Å². The minimum atomic E-state index is 0.0268. The Kier molecular flexibility index (Phi) is 3.32. The van der Waals surface area contributed by atoms with Gasteiger partial charge >= 0.3 is 0 Å². The molecule has 0 radical (unpaired) electrons. The minimum Gasteiger partial charge on any atom is -0.493 e. The number of ketones is 1. The Morgan fingerprint density at radius 3 is 2.93 bits per heavy atom. The van der Waals surface area contributed by atoms with E-state index in [2.05, 4.69) is 26.2 Å². The number of carbonyl (C=O) groups excluding carboxylic acids is 1. The second kappa shape index (κ2) is 4.30. The van der Waals surface area contributed by atoms with Gasteiger partial charge in [0.05, 0.1) is 0 Å². The number of hydrogen-bond donors (Lipinski definition) is 0. The van der Waals surface area contributed by atoms with Crippen LogP contribution in [-0.2, 0) is 9.53 Å². The van der Waals surface area contributed by atoms with Crippen molar-refractivity contribution >= 4 is 5.78 Å². The molecule has 0 fully saturated rings. The van der Waals surface area contributed by atoms with E-state index in [-0.39, 0.29) is 11.2 Å². The zero-order valence-electron chi connectivity index (χ0n) is 8.80. The van der Waals surface area contributed by atoms with Crippen LogP contribution in [0.1, 0.15) is 26.7 Å². The van der Waals surface area contributed by atoms with E-state index in [1.165, 1.54) is 0 Å². The molecule has 0 amide bonds.